The van der Waals surface area contributed by atoms with Crippen molar-refractivity contribution >= 4 is 9.84 Å². The molecular formula is C14H29N3O2S. The zero-order valence-electron chi connectivity index (χ0n) is 12.8. The highest BCUT2D eigenvalue weighted by Crippen LogP contribution is 2.14. The van der Waals surface area contributed by atoms with Crippen LogP contribution >= 0.6 is 0 Å². The minimum Gasteiger partial charge on any atom is -0.312 e. The second-order valence-corrected chi connectivity index (χ2v) is 8.50. The highest BCUT2D eigenvalue weighted by atomic mass is 32.2. The molecular weight excluding hydrogens is 274 g/mol. The maximum atomic E-state index is 11.7. The topological polar surface area (TPSA) is 52.7 Å². The Hall–Kier alpha value is -0.170. The molecule has 2 fully saturated rings. The van der Waals surface area contributed by atoms with Crippen molar-refractivity contribution in [2.75, 3.05) is 51.3 Å². The summed E-state index contributed by atoms with van der Waals surface area (Å²) in [5.74, 6) is 0.618. The second kappa shape index (κ2) is 7.20. The van der Waals surface area contributed by atoms with Gasteiger partial charge in [-0.1, -0.05) is 6.92 Å². The summed E-state index contributed by atoms with van der Waals surface area (Å²) in [7, 11) is -0.613. The van der Waals surface area contributed by atoms with Crippen molar-refractivity contribution in [2.24, 2.45) is 0 Å². The van der Waals surface area contributed by atoms with Crippen LogP contribution in [-0.2, 0) is 9.84 Å². The Morgan fingerprint density at radius 2 is 2.10 bits per heavy atom. The molecule has 2 unspecified atom stereocenters. The van der Waals surface area contributed by atoms with Crippen LogP contribution in [-0.4, -0.2) is 81.6 Å². The van der Waals surface area contributed by atoms with Gasteiger partial charge in [0.05, 0.1) is 11.5 Å². The van der Waals surface area contributed by atoms with E-state index in [9.17, 15) is 8.42 Å². The fourth-order valence-corrected chi connectivity index (χ4v) is 4.84. The average molecular weight is 303 g/mol. The summed E-state index contributed by atoms with van der Waals surface area (Å²) in [5.41, 5.74) is 0. The molecule has 0 aliphatic carbocycles. The first-order valence-electron chi connectivity index (χ1n) is 7.86. The third-order valence-corrected chi connectivity index (χ3v) is 6.30. The summed E-state index contributed by atoms with van der Waals surface area (Å²) in [4.78, 5) is 4.98. The van der Waals surface area contributed by atoms with Crippen LogP contribution in [0.5, 0.6) is 0 Å². The lowest BCUT2D eigenvalue weighted by Gasteiger charge is -2.32. The van der Waals surface area contributed by atoms with Gasteiger partial charge in [0, 0.05) is 25.2 Å². The molecule has 2 atom stereocenters. The van der Waals surface area contributed by atoms with Gasteiger partial charge in [-0.25, -0.2) is 8.42 Å². The van der Waals surface area contributed by atoms with E-state index in [0.717, 1.165) is 26.1 Å². The molecule has 2 aliphatic heterocycles. The Bertz CT molecular complexity index is 399. The molecule has 118 valence electrons. The van der Waals surface area contributed by atoms with E-state index in [0.29, 0.717) is 24.1 Å². The maximum absolute atomic E-state index is 11.7. The van der Waals surface area contributed by atoms with Gasteiger partial charge < -0.3 is 10.2 Å². The zero-order valence-corrected chi connectivity index (χ0v) is 13.7. The number of hydrogen-bond acceptors (Lipinski definition) is 5. The minimum atomic E-state index is -2.81. The van der Waals surface area contributed by atoms with Gasteiger partial charge >= 0.3 is 0 Å². The molecule has 0 aromatic rings. The highest BCUT2D eigenvalue weighted by Gasteiger charge is 2.26. The van der Waals surface area contributed by atoms with E-state index in [1.165, 1.54) is 19.4 Å². The van der Waals surface area contributed by atoms with Crippen molar-refractivity contribution in [3.63, 3.8) is 0 Å². The number of rotatable bonds is 4. The first-order chi connectivity index (χ1) is 9.50. The molecule has 6 heteroatoms. The van der Waals surface area contributed by atoms with Gasteiger partial charge in [0.25, 0.3) is 0 Å². The van der Waals surface area contributed by atoms with E-state index < -0.39 is 9.84 Å². The van der Waals surface area contributed by atoms with E-state index in [-0.39, 0.29) is 6.04 Å². The van der Waals surface area contributed by atoms with Crippen molar-refractivity contribution in [1.29, 1.82) is 0 Å². The summed E-state index contributed by atoms with van der Waals surface area (Å²) in [6, 6.07) is 0.759. The molecule has 1 N–H and O–H groups in total. The Kier molecular flexibility index (Phi) is 5.84. The Morgan fingerprint density at radius 3 is 2.80 bits per heavy atom. The maximum Gasteiger partial charge on any atom is 0.153 e. The Labute approximate surface area is 123 Å². The molecule has 0 amide bonds. The van der Waals surface area contributed by atoms with Crippen molar-refractivity contribution in [2.45, 2.75) is 38.3 Å². The van der Waals surface area contributed by atoms with Gasteiger partial charge in [0.1, 0.15) is 0 Å². The fraction of sp³-hybridized carbons (Fsp3) is 1.00. The molecule has 0 aromatic carbocycles. The lowest BCUT2D eigenvalue weighted by atomic mass is 10.1. The van der Waals surface area contributed by atoms with E-state index in [2.05, 4.69) is 29.1 Å². The summed E-state index contributed by atoms with van der Waals surface area (Å²) in [5, 5.41) is 3.36. The van der Waals surface area contributed by atoms with Gasteiger partial charge in [-0.3, -0.25) is 4.90 Å². The predicted molar refractivity (Wildman–Crippen MR) is 82.8 cm³/mol. The molecule has 2 aliphatic rings. The standard InChI is InChI=1S/C14H29N3O2S/c1-3-14-11-16(2)7-4-8-17(14)9-5-13-12-20(18,19)10-6-15-13/h13-15H,3-12H2,1-2H3. The molecule has 0 spiro atoms. The first-order valence-corrected chi connectivity index (χ1v) is 9.68. The van der Waals surface area contributed by atoms with Gasteiger partial charge in [0.15, 0.2) is 9.84 Å². The van der Waals surface area contributed by atoms with E-state index in [1.807, 2.05) is 0 Å². The number of likely N-dealkylation sites (N-methyl/N-ethyl adjacent to an activating group) is 1. The average Bonchev–Trinajstić information content (AvgIpc) is 2.56. The van der Waals surface area contributed by atoms with Gasteiger partial charge in [-0.15, -0.1) is 0 Å². The van der Waals surface area contributed by atoms with Gasteiger partial charge in [-0.05, 0) is 45.9 Å². The smallest absolute Gasteiger partial charge is 0.153 e. The summed E-state index contributed by atoms with van der Waals surface area (Å²) < 4.78 is 23.3. The molecule has 2 saturated heterocycles. The van der Waals surface area contributed by atoms with Crippen LogP contribution in [0.3, 0.4) is 0 Å². The van der Waals surface area contributed by atoms with Crippen molar-refractivity contribution in [1.82, 2.24) is 15.1 Å². The minimum absolute atomic E-state index is 0.146. The van der Waals surface area contributed by atoms with Crippen LogP contribution in [0.25, 0.3) is 0 Å². The normalized spacial score (nSPS) is 32.9. The van der Waals surface area contributed by atoms with Crippen LogP contribution in [0.1, 0.15) is 26.2 Å². The number of nitrogens with one attached hydrogen (secondary N) is 1. The van der Waals surface area contributed by atoms with Crippen molar-refractivity contribution < 1.29 is 8.42 Å². The second-order valence-electron chi connectivity index (χ2n) is 6.27. The molecule has 5 nitrogen and oxygen atoms in total. The molecule has 2 rings (SSSR count). The number of nitrogens with zero attached hydrogens (tertiary/aromatic N) is 2. The number of sulfone groups is 1. The lowest BCUT2D eigenvalue weighted by molar-refractivity contribution is 0.176. The number of hydrogen-bond donors (Lipinski definition) is 1. The van der Waals surface area contributed by atoms with E-state index >= 15 is 0 Å². The summed E-state index contributed by atoms with van der Waals surface area (Å²) in [6.45, 7) is 7.32. The molecule has 0 radical (unpaired) electrons. The monoisotopic (exact) mass is 303 g/mol. The van der Waals surface area contributed by atoms with E-state index in [4.69, 9.17) is 0 Å². The molecule has 0 bridgehead atoms. The van der Waals surface area contributed by atoms with Crippen molar-refractivity contribution in [3.8, 4) is 0 Å². The van der Waals surface area contributed by atoms with Gasteiger partial charge in [-0.2, -0.15) is 0 Å². The first kappa shape index (κ1) is 16.2. The zero-order chi connectivity index (χ0) is 14.6. The third kappa shape index (κ3) is 4.69. The fourth-order valence-electron chi connectivity index (χ4n) is 3.35. The molecule has 2 heterocycles. The predicted octanol–water partition coefficient (Wildman–Crippen LogP) is 0.179. The quantitative estimate of drug-likeness (QED) is 0.803. The van der Waals surface area contributed by atoms with E-state index in [1.54, 1.807) is 0 Å². The SMILES string of the molecule is CCC1CN(C)CCCN1CCC1CS(=O)(=O)CCN1. The summed E-state index contributed by atoms with van der Waals surface area (Å²) in [6.07, 6.45) is 3.32. The highest BCUT2D eigenvalue weighted by molar-refractivity contribution is 7.91. The van der Waals surface area contributed by atoms with Crippen LogP contribution in [0, 0.1) is 0 Å². The third-order valence-electron chi connectivity index (χ3n) is 4.56. The van der Waals surface area contributed by atoms with Gasteiger partial charge in [0.2, 0.25) is 0 Å². The van der Waals surface area contributed by atoms with Crippen LogP contribution in [0.15, 0.2) is 0 Å². The molecule has 0 saturated carbocycles. The Morgan fingerprint density at radius 1 is 1.30 bits per heavy atom. The van der Waals surface area contributed by atoms with Crippen LogP contribution < -0.4 is 5.32 Å². The summed E-state index contributed by atoms with van der Waals surface area (Å²) >= 11 is 0. The van der Waals surface area contributed by atoms with Crippen LogP contribution in [0.2, 0.25) is 0 Å². The largest absolute Gasteiger partial charge is 0.312 e. The van der Waals surface area contributed by atoms with Crippen molar-refractivity contribution in [3.05, 3.63) is 0 Å². The molecule has 0 aromatic heterocycles. The van der Waals surface area contributed by atoms with Crippen LogP contribution in [0.4, 0.5) is 0 Å². The Balaban J connectivity index is 1.85. The lowest BCUT2D eigenvalue weighted by Crippen LogP contribution is -2.48. The molecule has 20 heavy (non-hydrogen) atoms.